The van der Waals surface area contributed by atoms with Crippen LogP contribution in [0.15, 0.2) is 6.33 Å². The molecule has 2 aromatic rings. The van der Waals surface area contributed by atoms with Gasteiger partial charge in [0.05, 0.1) is 6.33 Å². The molecule has 1 aliphatic rings. The molecule has 6 heteroatoms. The third-order valence-electron chi connectivity index (χ3n) is 3.97. The molecular formula is C13H18ClN5. The van der Waals surface area contributed by atoms with E-state index in [1.54, 1.807) is 6.33 Å². The lowest BCUT2D eigenvalue weighted by Crippen LogP contribution is -2.34. The van der Waals surface area contributed by atoms with Gasteiger partial charge in [0.2, 0.25) is 5.28 Å². The summed E-state index contributed by atoms with van der Waals surface area (Å²) in [5, 5.41) is 0.286. The summed E-state index contributed by atoms with van der Waals surface area (Å²) in [4.78, 5) is 15.3. The predicted molar refractivity (Wildman–Crippen MR) is 76.6 cm³/mol. The third kappa shape index (κ3) is 2.27. The molecule has 0 spiro atoms. The number of hydrogen-bond acceptors (Lipinski definition) is 4. The number of fused-ring (bicyclic) bond motifs is 1. The second-order valence-electron chi connectivity index (χ2n) is 5.25. The molecule has 0 amide bonds. The smallest absolute Gasteiger partial charge is 0.226 e. The van der Waals surface area contributed by atoms with Gasteiger partial charge < -0.3 is 9.47 Å². The summed E-state index contributed by atoms with van der Waals surface area (Å²) < 4.78 is 1.88. The van der Waals surface area contributed by atoms with Crippen molar-refractivity contribution in [2.45, 2.75) is 38.1 Å². The topological polar surface area (TPSA) is 46.8 Å². The number of halogens is 1. The minimum Gasteiger partial charge on any atom is -0.355 e. The number of aryl methyl sites for hydroxylation is 1. The van der Waals surface area contributed by atoms with Crippen molar-refractivity contribution < 1.29 is 0 Å². The molecule has 0 aliphatic heterocycles. The van der Waals surface area contributed by atoms with E-state index < -0.39 is 0 Å². The summed E-state index contributed by atoms with van der Waals surface area (Å²) >= 11 is 6.05. The summed E-state index contributed by atoms with van der Waals surface area (Å²) in [5.41, 5.74) is 1.62. The van der Waals surface area contributed by atoms with E-state index in [0.717, 1.165) is 17.0 Å². The van der Waals surface area contributed by atoms with Gasteiger partial charge in [0.1, 0.15) is 0 Å². The Bertz CT molecular complexity index is 588. The maximum absolute atomic E-state index is 6.05. The number of imidazole rings is 1. The summed E-state index contributed by atoms with van der Waals surface area (Å²) in [6.45, 7) is 0. The van der Waals surface area contributed by atoms with E-state index in [1.807, 2.05) is 11.6 Å². The van der Waals surface area contributed by atoms with Crippen LogP contribution in [0.2, 0.25) is 5.28 Å². The first-order valence-corrected chi connectivity index (χ1v) is 7.12. The first-order valence-electron chi connectivity index (χ1n) is 6.74. The lowest BCUT2D eigenvalue weighted by molar-refractivity contribution is 0.426. The van der Waals surface area contributed by atoms with Crippen molar-refractivity contribution in [3.8, 4) is 0 Å². The number of hydrogen-bond donors (Lipinski definition) is 0. The van der Waals surface area contributed by atoms with Gasteiger partial charge in [-0.3, -0.25) is 0 Å². The lowest BCUT2D eigenvalue weighted by atomic mass is 9.94. The standard InChI is InChI=1S/C13H18ClN5/c1-18-8-15-10-11(18)16-13(14)17-12(10)19(2)9-6-4-3-5-7-9/h8-9H,3-7H2,1-2H3. The average molecular weight is 280 g/mol. The third-order valence-corrected chi connectivity index (χ3v) is 4.14. The molecule has 0 radical (unpaired) electrons. The monoisotopic (exact) mass is 279 g/mol. The first kappa shape index (κ1) is 12.7. The number of anilines is 1. The van der Waals surface area contributed by atoms with Crippen LogP contribution in [-0.4, -0.2) is 32.6 Å². The molecule has 2 aromatic heterocycles. The van der Waals surface area contributed by atoms with E-state index in [1.165, 1.54) is 32.1 Å². The SMILES string of the molecule is CN(c1nc(Cl)nc2c1ncn2C)C1CCCCC1. The molecule has 0 aromatic carbocycles. The Morgan fingerprint density at radius 1 is 1.26 bits per heavy atom. The maximum Gasteiger partial charge on any atom is 0.226 e. The van der Waals surface area contributed by atoms with Crippen molar-refractivity contribution >= 4 is 28.6 Å². The summed E-state index contributed by atoms with van der Waals surface area (Å²) in [6.07, 6.45) is 8.11. The molecular weight excluding hydrogens is 262 g/mol. The van der Waals surface area contributed by atoms with Crippen LogP contribution in [0.1, 0.15) is 32.1 Å². The van der Waals surface area contributed by atoms with Crippen molar-refractivity contribution in [1.82, 2.24) is 19.5 Å². The lowest BCUT2D eigenvalue weighted by Gasteiger charge is -2.32. The second kappa shape index (κ2) is 4.96. The van der Waals surface area contributed by atoms with Crippen LogP contribution in [0.3, 0.4) is 0 Å². The fourth-order valence-corrected chi connectivity index (χ4v) is 3.01. The van der Waals surface area contributed by atoms with Gasteiger partial charge in [-0.15, -0.1) is 0 Å². The summed E-state index contributed by atoms with van der Waals surface area (Å²) in [5.74, 6) is 0.850. The Kier molecular flexibility index (Phi) is 3.31. The van der Waals surface area contributed by atoms with E-state index in [9.17, 15) is 0 Å². The van der Waals surface area contributed by atoms with Gasteiger partial charge in [-0.1, -0.05) is 19.3 Å². The fraction of sp³-hybridized carbons (Fsp3) is 0.615. The van der Waals surface area contributed by atoms with Crippen molar-refractivity contribution in [3.63, 3.8) is 0 Å². The molecule has 3 rings (SSSR count). The van der Waals surface area contributed by atoms with E-state index in [4.69, 9.17) is 11.6 Å². The highest BCUT2D eigenvalue weighted by molar-refractivity contribution is 6.28. The Labute approximate surface area is 117 Å². The van der Waals surface area contributed by atoms with Crippen LogP contribution in [-0.2, 0) is 7.05 Å². The Hall–Kier alpha value is -1.36. The molecule has 102 valence electrons. The molecule has 0 saturated heterocycles. The minimum atomic E-state index is 0.286. The zero-order chi connectivity index (χ0) is 13.4. The van der Waals surface area contributed by atoms with E-state index in [-0.39, 0.29) is 5.28 Å². The fourth-order valence-electron chi connectivity index (χ4n) is 2.85. The molecule has 2 heterocycles. The minimum absolute atomic E-state index is 0.286. The second-order valence-corrected chi connectivity index (χ2v) is 5.58. The first-order chi connectivity index (χ1) is 9.16. The molecule has 0 unspecified atom stereocenters. The average Bonchev–Trinajstić information content (AvgIpc) is 2.80. The van der Waals surface area contributed by atoms with Gasteiger partial charge >= 0.3 is 0 Å². The summed E-state index contributed by atoms with van der Waals surface area (Å²) in [7, 11) is 4.01. The Morgan fingerprint density at radius 2 is 2.00 bits per heavy atom. The van der Waals surface area contributed by atoms with Crippen LogP contribution in [0.25, 0.3) is 11.2 Å². The maximum atomic E-state index is 6.05. The van der Waals surface area contributed by atoms with Gasteiger partial charge in [0, 0.05) is 20.1 Å². The van der Waals surface area contributed by atoms with Crippen molar-refractivity contribution in [3.05, 3.63) is 11.6 Å². The van der Waals surface area contributed by atoms with Crippen LogP contribution in [0, 0.1) is 0 Å². The van der Waals surface area contributed by atoms with E-state index in [0.29, 0.717) is 6.04 Å². The highest BCUT2D eigenvalue weighted by Crippen LogP contribution is 2.29. The molecule has 0 bridgehead atoms. The van der Waals surface area contributed by atoms with Crippen LogP contribution >= 0.6 is 11.6 Å². The molecule has 19 heavy (non-hydrogen) atoms. The van der Waals surface area contributed by atoms with Crippen molar-refractivity contribution in [2.24, 2.45) is 7.05 Å². The van der Waals surface area contributed by atoms with Crippen molar-refractivity contribution in [1.29, 1.82) is 0 Å². The molecule has 5 nitrogen and oxygen atoms in total. The van der Waals surface area contributed by atoms with Gasteiger partial charge in [-0.25, -0.2) is 4.98 Å². The predicted octanol–water partition coefficient (Wildman–Crippen LogP) is 2.79. The molecule has 1 saturated carbocycles. The molecule has 0 N–H and O–H groups in total. The Morgan fingerprint density at radius 3 is 2.74 bits per heavy atom. The zero-order valence-corrected chi connectivity index (χ0v) is 12.1. The molecule has 0 atom stereocenters. The number of rotatable bonds is 2. The number of nitrogens with zero attached hydrogens (tertiary/aromatic N) is 5. The quantitative estimate of drug-likeness (QED) is 0.793. The highest BCUT2D eigenvalue weighted by atomic mass is 35.5. The van der Waals surface area contributed by atoms with E-state index >= 15 is 0 Å². The van der Waals surface area contributed by atoms with Gasteiger partial charge in [0.25, 0.3) is 0 Å². The largest absolute Gasteiger partial charge is 0.355 e. The molecule has 1 fully saturated rings. The zero-order valence-electron chi connectivity index (χ0n) is 11.3. The summed E-state index contributed by atoms with van der Waals surface area (Å²) in [6, 6.07) is 0.532. The molecule has 1 aliphatic carbocycles. The Balaban J connectivity index is 2.03. The van der Waals surface area contributed by atoms with Gasteiger partial charge in [-0.2, -0.15) is 9.97 Å². The van der Waals surface area contributed by atoms with Crippen molar-refractivity contribution in [2.75, 3.05) is 11.9 Å². The van der Waals surface area contributed by atoms with Crippen LogP contribution < -0.4 is 4.90 Å². The van der Waals surface area contributed by atoms with Gasteiger partial charge in [-0.05, 0) is 24.4 Å². The van der Waals surface area contributed by atoms with Crippen LogP contribution in [0.4, 0.5) is 5.82 Å². The number of aromatic nitrogens is 4. The normalized spacial score (nSPS) is 17.0. The van der Waals surface area contributed by atoms with E-state index in [2.05, 4.69) is 26.9 Å². The van der Waals surface area contributed by atoms with Crippen LogP contribution in [0.5, 0.6) is 0 Å². The highest BCUT2D eigenvalue weighted by Gasteiger charge is 2.22. The van der Waals surface area contributed by atoms with Gasteiger partial charge in [0.15, 0.2) is 17.0 Å².